The lowest BCUT2D eigenvalue weighted by molar-refractivity contribution is 0.0518. The first kappa shape index (κ1) is 15.5. The van der Waals surface area contributed by atoms with Crippen molar-refractivity contribution in [2.24, 2.45) is 0 Å². The summed E-state index contributed by atoms with van der Waals surface area (Å²) in [4.78, 5) is 13.5. The van der Waals surface area contributed by atoms with Crippen LogP contribution in [0.1, 0.15) is 34.8 Å². The molecule has 0 spiro atoms. The molecule has 1 heterocycles. The average Bonchev–Trinajstić information content (AvgIpc) is 2.62. The number of ether oxygens (including phenoxy) is 1. The lowest BCUT2D eigenvalue weighted by Gasteiger charge is -2.21. The van der Waals surface area contributed by atoms with Gasteiger partial charge in [0.2, 0.25) is 0 Å². The molecule has 18 heavy (non-hydrogen) atoms. The van der Waals surface area contributed by atoms with Crippen LogP contribution in [-0.4, -0.2) is 30.3 Å². The summed E-state index contributed by atoms with van der Waals surface area (Å²) in [5.41, 5.74) is -0.883. The predicted molar refractivity (Wildman–Crippen MR) is 76.6 cm³/mol. The summed E-state index contributed by atoms with van der Waals surface area (Å²) in [7, 11) is 1.53. The number of rotatable bonds is 5. The second kappa shape index (κ2) is 6.04. The second-order valence-corrected chi connectivity index (χ2v) is 6.39. The van der Waals surface area contributed by atoms with Crippen molar-refractivity contribution in [1.82, 2.24) is 5.32 Å². The van der Waals surface area contributed by atoms with Gasteiger partial charge < -0.3 is 15.2 Å². The van der Waals surface area contributed by atoms with Gasteiger partial charge in [0.15, 0.2) is 5.75 Å². The summed E-state index contributed by atoms with van der Waals surface area (Å²) in [6.07, 6.45) is 0.581. The van der Waals surface area contributed by atoms with Crippen LogP contribution in [0, 0.1) is 6.92 Å². The molecule has 102 valence electrons. The summed E-state index contributed by atoms with van der Waals surface area (Å²) in [5, 5.41) is 12.6. The normalized spacial score (nSPS) is 14.1. The molecule has 1 aromatic heterocycles. The van der Waals surface area contributed by atoms with Crippen LogP contribution in [0.5, 0.6) is 5.75 Å². The lowest BCUT2D eigenvalue weighted by Crippen LogP contribution is -2.39. The first-order valence-electron chi connectivity index (χ1n) is 5.66. The Bertz CT molecular complexity index is 443. The van der Waals surface area contributed by atoms with E-state index < -0.39 is 5.60 Å². The molecule has 1 rings (SSSR count). The Morgan fingerprint density at radius 3 is 2.72 bits per heavy atom. The number of aryl methyl sites for hydroxylation is 1. The van der Waals surface area contributed by atoms with Crippen molar-refractivity contribution in [3.63, 3.8) is 0 Å². The molecule has 1 amide bonds. The fraction of sp³-hybridized carbons (Fsp3) is 0.583. The van der Waals surface area contributed by atoms with E-state index in [1.165, 1.54) is 18.4 Å². The van der Waals surface area contributed by atoms with E-state index in [4.69, 9.17) is 4.74 Å². The monoisotopic (exact) mass is 335 g/mol. The Morgan fingerprint density at radius 2 is 2.22 bits per heavy atom. The predicted octanol–water partition coefficient (Wildman–Crippen LogP) is 2.72. The number of methoxy groups -OCH3 is 1. The van der Waals surface area contributed by atoms with Crippen molar-refractivity contribution in [3.8, 4) is 5.75 Å². The minimum Gasteiger partial charge on any atom is -0.494 e. The van der Waals surface area contributed by atoms with Crippen LogP contribution < -0.4 is 10.1 Å². The van der Waals surface area contributed by atoms with Gasteiger partial charge in [-0.25, -0.2) is 0 Å². The highest BCUT2D eigenvalue weighted by molar-refractivity contribution is 9.10. The Kier molecular flexibility index (Phi) is 5.19. The molecular weight excluding hydrogens is 318 g/mol. The number of hydrogen-bond donors (Lipinski definition) is 2. The highest BCUT2D eigenvalue weighted by atomic mass is 79.9. The molecule has 1 atom stereocenters. The molecule has 0 saturated carbocycles. The van der Waals surface area contributed by atoms with E-state index in [0.717, 1.165) is 9.35 Å². The minimum absolute atomic E-state index is 0.222. The van der Waals surface area contributed by atoms with Gasteiger partial charge in [0.1, 0.15) is 4.88 Å². The minimum atomic E-state index is -0.883. The van der Waals surface area contributed by atoms with Crippen LogP contribution in [0.2, 0.25) is 0 Å². The SMILES string of the molecule is CCC(C)(O)CNC(=O)c1sc(C)c(Br)c1OC. The largest absolute Gasteiger partial charge is 0.494 e. The Hall–Kier alpha value is -0.590. The van der Waals surface area contributed by atoms with Crippen LogP contribution in [-0.2, 0) is 0 Å². The van der Waals surface area contributed by atoms with Crippen molar-refractivity contribution < 1.29 is 14.6 Å². The zero-order valence-corrected chi connectivity index (χ0v) is 13.4. The number of amides is 1. The fourth-order valence-corrected chi connectivity index (χ4v) is 2.98. The molecule has 1 aromatic rings. The van der Waals surface area contributed by atoms with Gasteiger partial charge in [0.05, 0.1) is 17.2 Å². The van der Waals surface area contributed by atoms with Crippen LogP contribution >= 0.6 is 27.3 Å². The molecule has 0 radical (unpaired) electrons. The first-order chi connectivity index (χ1) is 8.32. The maximum absolute atomic E-state index is 12.0. The maximum atomic E-state index is 12.0. The van der Waals surface area contributed by atoms with Crippen molar-refractivity contribution in [2.75, 3.05) is 13.7 Å². The smallest absolute Gasteiger partial charge is 0.265 e. The van der Waals surface area contributed by atoms with Crippen LogP contribution in [0.3, 0.4) is 0 Å². The molecule has 4 nitrogen and oxygen atoms in total. The number of thiophene rings is 1. The molecule has 0 fully saturated rings. The molecule has 1 unspecified atom stereocenters. The van der Waals surface area contributed by atoms with E-state index in [9.17, 15) is 9.90 Å². The zero-order valence-electron chi connectivity index (χ0n) is 11.0. The van der Waals surface area contributed by atoms with E-state index in [0.29, 0.717) is 17.0 Å². The average molecular weight is 336 g/mol. The fourth-order valence-electron chi connectivity index (χ4n) is 1.31. The number of carbonyl (C=O) groups excluding carboxylic acids is 1. The summed E-state index contributed by atoms with van der Waals surface area (Å²) in [6, 6.07) is 0. The molecule has 0 aliphatic rings. The maximum Gasteiger partial charge on any atom is 0.265 e. The third-order valence-electron chi connectivity index (χ3n) is 2.77. The van der Waals surface area contributed by atoms with E-state index in [1.54, 1.807) is 6.92 Å². The summed E-state index contributed by atoms with van der Waals surface area (Å²) >= 11 is 4.76. The van der Waals surface area contributed by atoms with Crippen LogP contribution in [0.15, 0.2) is 4.47 Å². The zero-order chi connectivity index (χ0) is 13.9. The summed E-state index contributed by atoms with van der Waals surface area (Å²) in [5.74, 6) is 0.325. The van der Waals surface area contributed by atoms with Gasteiger partial charge in [-0.2, -0.15) is 0 Å². The van der Waals surface area contributed by atoms with E-state index in [2.05, 4.69) is 21.2 Å². The van der Waals surface area contributed by atoms with Gasteiger partial charge in [-0.3, -0.25) is 4.79 Å². The summed E-state index contributed by atoms with van der Waals surface area (Å²) < 4.78 is 6.02. The van der Waals surface area contributed by atoms with Crippen molar-refractivity contribution >= 4 is 33.2 Å². The van der Waals surface area contributed by atoms with Crippen molar-refractivity contribution in [2.45, 2.75) is 32.8 Å². The van der Waals surface area contributed by atoms with Gasteiger partial charge in [-0.15, -0.1) is 11.3 Å². The molecule has 0 saturated heterocycles. The highest BCUT2D eigenvalue weighted by Gasteiger charge is 2.23. The molecule has 2 N–H and O–H groups in total. The van der Waals surface area contributed by atoms with Gasteiger partial charge >= 0.3 is 0 Å². The van der Waals surface area contributed by atoms with E-state index >= 15 is 0 Å². The second-order valence-electron chi connectivity index (χ2n) is 4.37. The lowest BCUT2D eigenvalue weighted by atomic mass is 10.0. The molecule has 0 aliphatic carbocycles. The number of carbonyl (C=O) groups is 1. The Morgan fingerprint density at radius 1 is 1.61 bits per heavy atom. The number of hydrogen-bond acceptors (Lipinski definition) is 4. The molecule has 0 aliphatic heterocycles. The Labute approximate surface area is 119 Å². The van der Waals surface area contributed by atoms with E-state index in [1.807, 2.05) is 13.8 Å². The van der Waals surface area contributed by atoms with Crippen molar-refractivity contribution in [3.05, 3.63) is 14.2 Å². The van der Waals surface area contributed by atoms with Crippen molar-refractivity contribution in [1.29, 1.82) is 0 Å². The number of nitrogens with one attached hydrogen (secondary N) is 1. The Balaban J connectivity index is 2.82. The number of aliphatic hydroxyl groups is 1. The standard InChI is InChI=1S/C12H18BrNO3S/c1-5-12(3,16)6-14-11(15)10-9(17-4)8(13)7(2)18-10/h16H,5-6H2,1-4H3,(H,14,15). The van der Waals surface area contributed by atoms with Gasteiger partial charge in [0.25, 0.3) is 5.91 Å². The summed E-state index contributed by atoms with van der Waals surface area (Å²) in [6.45, 7) is 5.70. The highest BCUT2D eigenvalue weighted by Crippen LogP contribution is 2.38. The number of halogens is 1. The molecule has 0 aromatic carbocycles. The first-order valence-corrected chi connectivity index (χ1v) is 7.26. The third-order valence-corrected chi connectivity index (χ3v) is 5.07. The molecule has 6 heteroatoms. The van der Waals surface area contributed by atoms with E-state index in [-0.39, 0.29) is 12.5 Å². The van der Waals surface area contributed by atoms with Crippen LogP contribution in [0.25, 0.3) is 0 Å². The molecule has 0 bridgehead atoms. The van der Waals surface area contributed by atoms with Gasteiger partial charge in [0, 0.05) is 11.4 Å². The van der Waals surface area contributed by atoms with Gasteiger partial charge in [-0.1, -0.05) is 6.92 Å². The quantitative estimate of drug-likeness (QED) is 0.869. The van der Waals surface area contributed by atoms with Gasteiger partial charge in [-0.05, 0) is 36.2 Å². The molecular formula is C12H18BrNO3S. The van der Waals surface area contributed by atoms with Crippen LogP contribution in [0.4, 0.5) is 0 Å². The topological polar surface area (TPSA) is 58.6 Å². The third kappa shape index (κ3) is 3.46.